The Hall–Kier alpha value is -2.41. The van der Waals surface area contributed by atoms with Gasteiger partial charge in [0.2, 0.25) is 0 Å². The molecule has 2 aromatic rings. The van der Waals surface area contributed by atoms with Gasteiger partial charge in [-0.05, 0) is 25.8 Å². The van der Waals surface area contributed by atoms with Crippen LogP contribution in [0.15, 0.2) is 35.3 Å². The number of rotatable bonds is 6. The van der Waals surface area contributed by atoms with Crippen LogP contribution in [0, 0.1) is 6.92 Å². The van der Waals surface area contributed by atoms with Crippen LogP contribution in [0.25, 0.3) is 0 Å². The number of aliphatic hydroxyl groups is 1. The molecule has 1 aromatic carbocycles. The molecule has 2 heterocycles. The third-order valence-corrected chi connectivity index (χ3v) is 4.42. The molecule has 0 saturated heterocycles. The van der Waals surface area contributed by atoms with Gasteiger partial charge in [-0.1, -0.05) is 30.3 Å². The van der Waals surface area contributed by atoms with Crippen LogP contribution in [0.3, 0.4) is 0 Å². The molecule has 7 nitrogen and oxygen atoms in total. The molecule has 7 heteroatoms. The first kappa shape index (κ1) is 18.4. The van der Waals surface area contributed by atoms with Crippen LogP contribution in [0.2, 0.25) is 0 Å². The van der Waals surface area contributed by atoms with E-state index < -0.39 is 6.10 Å². The predicted octanol–water partition coefficient (Wildman–Crippen LogP) is 1.06. The van der Waals surface area contributed by atoms with E-state index in [1.165, 1.54) is 0 Å². The minimum absolute atomic E-state index is 0.257. The predicted molar refractivity (Wildman–Crippen MR) is 102 cm³/mol. The van der Waals surface area contributed by atoms with Gasteiger partial charge in [0.25, 0.3) is 0 Å². The number of nitrogens with one attached hydrogen (secondary N) is 2. The van der Waals surface area contributed by atoms with Crippen molar-refractivity contribution in [2.75, 3.05) is 13.1 Å². The van der Waals surface area contributed by atoms with E-state index in [1.54, 1.807) is 0 Å². The second-order valence-electron chi connectivity index (χ2n) is 6.70. The summed E-state index contributed by atoms with van der Waals surface area (Å²) in [6.07, 6.45) is 2.02. The van der Waals surface area contributed by atoms with Crippen LogP contribution in [0.4, 0.5) is 0 Å². The highest BCUT2D eigenvalue weighted by atomic mass is 16.3. The molecule has 2 unspecified atom stereocenters. The molecule has 0 bridgehead atoms. The summed E-state index contributed by atoms with van der Waals surface area (Å²) >= 11 is 0. The lowest BCUT2D eigenvalue weighted by Crippen LogP contribution is -2.47. The van der Waals surface area contributed by atoms with Crippen LogP contribution in [0.5, 0.6) is 0 Å². The molecule has 0 aliphatic carbocycles. The lowest BCUT2D eigenvalue weighted by atomic mass is 10.1. The average Bonchev–Trinajstić information content (AvgIpc) is 3.00. The number of aryl methyl sites for hydroxylation is 2. The van der Waals surface area contributed by atoms with Gasteiger partial charge in [0, 0.05) is 25.4 Å². The number of benzene rings is 1. The molecular formula is C19H28N6O. The highest BCUT2D eigenvalue weighted by molar-refractivity contribution is 5.80. The smallest absolute Gasteiger partial charge is 0.191 e. The highest BCUT2D eigenvalue weighted by Gasteiger charge is 2.21. The molecule has 1 aliphatic rings. The summed E-state index contributed by atoms with van der Waals surface area (Å²) in [5.74, 6) is 2.62. The van der Waals surface area contributed by atoms with Gasteiger partial charge in [-0.2, -0.15) is 5.10 Å². The Morgan fingerprint density at radius 1 is 1.38 bits per heavy atom. The second-order valence-corrected chi connectivity index (χ2v) is 6.70. The summed E-state index contributed by atoms with van der Waals surface area (Å²) in [7, 11) is 0. The van der Waals surface area contributed by atoms with Crippen LogP contribution in [-0.4, -0.2) is 51.1 Å². The first-order valence-corrected chi connectivity index (χ1v) is 9.31. The van der Waals surface area contributed by atoms with Crippen molar-refractivity contribution < 1.29 is 5.11 Å². The maximum atomic E-state index is 10.3. The number of aliphatic imine (C=N–C) groups is 1. The topological polar surface area (TPSA) is 87.4 Å². The van der Waals surface area contributed by atoms with Crippen LogP contribution < -0.4 is 10.6 Å². The molecular weight excluding hydrogens is 328 g/mol. The molecule has 0 fully saturated rings. The molecule has 1 aliphatic heterocycles. The lowest BCUT2D eigenvalue weighted by Gasteiger charge is -2.25. The molecule has 0 spiro atoms. The van der Waals surface area contributed by atoms with E-state index >= 15 is 0 Å². The summed E-state index contributed by atoms with van der Waals surface area (Å²) in [5.41, 5.74) is 1.12. The molecule has 26 heavy (non-hydrogen) atoms. The van der Waals surface area contributed by atoms with Gasteiger partial charge in [-0.3, -0.25) is 4.99 Å². The fourth-order valence-corrected chi connectivity index (χ4v) is 3.21. The summed E-state index contributed by atoms with van der Waals surface area (Å²) in [4.78, 5) is 9.01. The van der Waals surface area contributed by atoms with Crippen molar-refractivity contribution in [2.45, 2.75) is 51.8 Å². The molecule has 0 amide bonds. The van der Waals surface area contributed by atoms with Gasteiger partial charge < -0.3 is 15.7 Å². The van der Waals surface area contributed by atoms with E-state index in [4.69, 9.17) is 0 Å². The standard InChI is InChI=1S/C19H28N6O/c1-3-20-19(21-12-17(26)11-15-7-5-4-6-8-15)23-16-9-10-18-22-14(2)24-25(18)13-16/h4-8,16-17,26H,3,9-13H2,1-2H3,(H2,20,21,23). The largest absolute Gasteiger partial charge is 0.391 e. The fourth-order valence-electron chi connectivity index (χ4n) is 3.21. The molecule has 0 radical (unpaired) electrons. The SMILES string of the molecule is CCNC(=NCC(O)Cc1ccccc1)NC1CCc2nc(C)nn2C1. The van der Waals surface area contributed by atoms with Gasteiger partial charge >= 0.3 is 0 Å². The lowest BCUT2D eigenvalue weighted by molar-refractivity contribution is 0.183. The van der Waals surface area contributed by atoms with E-state index in [0.717, 1.165) is 49.1 Å². The number of hydrogen-bond acceptors (Lipinski definition) is 4. The molecule has 140 valence electrons. The van der Waals surface area contributed by atoms with Crippen LogP contribution in [-0.2, 0) is 19.4 Å². The van der Waals surface area contributed by atoms with Crippen LogP contribution >= 0.6 is 0 Å². The number of nitrogens with zero attached hydrogens (tertiary/aromatic N) is 4. The van der Waals surface area contributed by atoms with Gasteiger partial charge in [0.05, 0.1) is 19.2 Å². The van der Waals surface area contributed by atoms with Crippen molar-refractivity contribution in [1.82, 2.24) is 25.4 Å². The Bertz CT molecular complexity index is 727. The van der Waals surface area contributed by atoms with Gasteiger partial charge in [-0.15, -0.1) is 0 Å². The maximum absolute atomic E-state index is 10.3. The van der Waals surface area contributed by atoms with Crippen molar-refractivity contribution in [3.63, 3.8) is 0 Å². The molecule has 2 atom stereocenters. The van der Waals surface area contributed by atoms with Crippen LogP contribution in [0.1, 0.15) is 30.6 Å². The molecule has 0 saturated carbocycles. The number of hydrogen-bond donors (Lipinski definition) is 3. The van der Waals surface area contributed by atoms with Crippen molar-refractivity contribution in [2.24, 2.45) is 4.99 Å². The monoisotopic (exact) mass is 356 g/mol. The minimum Gasteiger partial charge on any atom is -0.391 e. The summed E-state index contributed by atoms with van der Waals surface area (Å²) < 4.78 is 1.98. The maximum Gasteiger partial charge on any atom is 0.191 e. The minimum atomic E-state index is -0.497. The summed E-state index contributed by atoms with van der Waals surface area (Å²) in [5, 5.41) is 21.4. The Kier molecular flexibility index (Phi) is 6.22. The third-order valence-electron chi connectivity index (χ3n) is 4.42. The first-order valence-electron chi connectivity index (χ1n) is 9.31. The Morgan fingerprint density at radius 3 is 2.96 bits per heavy atom. The third kappa shape index (κ3) is 5.05. The quantitative estimate of drug-likeness (QED) is 0.532. The van der Waals surface area contributed by atoms with Gasteiger partial charge in [0.15, 0.2) is 5.96 Å². The second kappa shape index (κ2) is 8.80. The van der Waals surface area contributed by atoms with E-state index in [9.17, 15) is 5.11 Å². The Balaban J connectivity index is 1.55. The Morgan fingerprint density at radius 2 is 2.19 bits per heavy atom. The van der Waals surface area contributed by atoms with Crippen molar-refractivity contribution in [1.29, 1.82) is 0 Å². The normalized spacial score (nSPS) is 18.3. The summed E-state index contributed by atoms with van der Waals surface area (Å²) in [6, 6.07) is 10.3. The highest BCUT2D eigenvalue weighted by Crippen LogP contribution is 2.12. The Labute approximate surface area is 154 Å². The van der Waals surface area contributed by atoms with Gasteiger partial charge in [0.1, 0.15) is 11.6 Å². The number of aromatic nitrogens is 3. The summed E-state index contributed by atoms with van der Waals surface area (Å²) in [6.45, 7) is 5.89. The van der Waals surface area contributed by atoms with E-state index in [0.29, 0.717) is 13.0 Å². The van der Waals surface area contributed by atoms with Gasteiger partial charge in [-0.25, -0.2) is 9.67 Å². The number of guanidine groups is 1. The number of aliphatic hydroxyl groups excluding tert-OH is 1. The van der Waals surface area contributed by atoms with E-state index in [1.807, 2.05) is 48.9 Å². The average molecular weight is 356 g/mol. The first-order chi connectivity index (χ1) is 12.6. The number of fused-ring (bicyclic) bond motifs is 1. The molecule has 3 N–H and O–H groups in total. The zero-order chi connectivity index (χ0) is 18.4. The van der Waals surface area contributed by atoms with E-state index in [2.05, 4.69) is 25.7 Å². The van der Waals surface area contributed by atoms with Crippen molar-refractivity contribution >= 4 is 5.96 Å². The van der Waals surface area contributed by atoms with E-state index in [-0.39, 0.29) is 6.04 Å². The zero-order valence-corrected chi connectivity index (χ0v) is 15.5. The zero-order valence-electron chi connectivity index (χ0n) is 15.5. The van der Waals surface area contributed by atoms with Crippen molar-refractivity contribution in [3.8, 4) is 0 Å². The molecule has 1 aromatic heterocycles. The molecule has 3 rings (SSSR count). The van der Waals surface area contributed by atoms with Crippen molar-refractivity contribution in [3.05, 3.63) is 47.5 Å². The fraction of sp³-hybridized carbons (Fsp3) is 0.526.